The van der Waals surface area contributed by atoms with Crippen molar-refractivity contribution in [2.45, 2.75) is 218 Å². The van der Waals surface area contributed by atoms with Gasteiger partial charge in [-0.25, -0.2) is 0 Å². The highest BCUT2D eigenvalue weighted by molar-refractivity contribution is 5.96. The van der Waals surface area contributed by atoms with Gasteiger partial charge in [-0.05, 0) is 178 Å². The summed E-state index contributed by atoms with van der Waals surface area (Å²) in [5, 5.41) is 10.2. The average molecular weight is 875 g/mol. The number of aromatic nitrogens is 2. The van der Waals surface area contributed by atoms with Crippen molar-refractivity contribution in [1.82, 2.24) is 9.97 Å². The normalized spacial score (nSPS) is 58.7. The van der Waals surface area contributed by atoms with E-state index in [2.05, 4.69) is 69.2 Å². The molecule has 64 heavy (non-hydrogen) atoms. The molecule has 0 aromatic carbocycles. The predicted octanol–water partition coefficient (Wildman–Crippen LogP) is 9.72. The van der Waals surface area contributed by atoms with Crippen LogP contribution in [0.1, 0.15) is 169 Å². The second-order valence-electron chi connectivity index (χ2n) is 27.3. The first-order valence-corrected chi connectivity index (χ1v) is 26.4. The Labute approximate surface area is 380 Å². The Morgan fingerprint density at radius 3 is 1.30 bits per heavy atom. The maximum Gasteiger partial charge on any atom is 0.172 e. The van der Waals surface area contributed by atoms with Crippen molar-refractivity contribution in [1.29, 1.82) is 0 Å². The molecule has 4 saturated heterocycles. The number of nitrogens with zero attached hydrogens (tertiary/aromatic N) is 4. The van der Waals surface area contributed by atoms with Crippen LogP contribution in [0.15, 0.2) is 10.3 Å². The van der Waals surface area contributed by atoms with Gasteiger partial charge in [-0.2, -0.15) is 0 Å². The van der Waals surface area contributed by atoms with Crippen molar-refractivity contribution in [2.24, 2.45) is 91.2 Å². The molecule has 0 amide bonds. The number of oxime groups is 2. The van der Waals surface area contributed by atoms with Gasteiger partial charge >= 0.3 is 0 Å². The first kappa shape index (κ1) is 39.8. The van der Waals surface area contributed by atoms with Crippen LogP contribution >= 0.6 is 0 Å². The third-order valence-corrected chi connectivity index (χ3v) is 24.3. The molecule has 0 radical (unpaired) electrons. The number of rotatable bonds is 0. The molecule has 10 nitrogen and oxygen atoms in total. The van der Waals surface area contributed by atoms with Crippen LogP contribution in [0.2, 0.25) is 0 Å². The predicted molar refractivity (Wildman–Crippen MR) is 239 cm³/mol. The average Bonchev–Trinajstić information content (AvgIpc) is 4.11. The standard InChI is InChI=1S/C54H74N4O6/c1-27-43-39(59-53(27)17-15-45(3,4)61-53)25-51-31-13-11-29-19-35-37(23-47(29,7)33(31)21-41(51)57-63-49(43,51)9)55-36-20-30-12-14-32-34(48(30,8)24-38(36)56-35)22-42-52(32)26-40-44(50(52,10)64-58-42)28(2)54(60-40)18-16-46(5,6)62-54/h27-34,39-40,43-44H,11-26H2,1-10H3/t27-,28-,29-,30-,31+,32?,33+,34-,39-,40-,43-,44-,47-,48-,49+,50+,51+,52+,53-,54-/m0/s1. The summed E-state index contributed by atoms with van der Waals surface area (Å²) in [6.45, 7) is 23.8. The number of fused-ring (bicyclic) bond motifs is 12. The third-order valence-electron chi connectivity index (χ3n) is 24.3. The van der Waals surface area contributed by atoms with Gasteiger partial charge in [0.15, 0.2) is 22.8 Å². The molecule has 346 valence electrons. The van der Waals surface area contributed by atoms with Crippen molar-refractivity contribution >= 4 is 11.4 Å². The van der Waals surface area contributed by atoms with Gasteiger partial charge in [-0.15, -0.1) is 0 Å². The minimum atomic E-state index is -0.490. The molecule has 15 rings (SSSR count). The highest BCUT2D eigenvalue weighted by Crippen LogP contribution is 2.78. The third kappa shape index (κ3) is 4.21. The van der Waals surface area contributed by atoms with E-state index < -0.39 is 11.6 Å². The van der Waals surface area contributed by atoms with Gasteiger partial charge in [0.25, 0.3) is 0 Å². The summed E-state index contributed by atoms with van der Waals surface area (Å²) in [5.74, 6) is 3.64. The largest absolute Gasteiger partial charge is 0.388 e. The van der Waals surface area contributed by atoms with Gasteiger partial charge in [0, 0.05) is 36.5 Å². The van der Waals surface area contributed by atoms with Crippen molar-refractivity contribution < 1.29 is 28.6 Å². The van der Waals surface area contributed by atoms with Crippen LogP contribution in [0.25, 0.3) is 0 Å². The lowest BCUT2D eigenvalue weighted by Gasteiger charge is -2.56. The van der Waals surface area contributed by atoms with Gasteiger partial charge in [-0.3, -0.25) is 9.97 Å². The van der Waals surface area contributed by atoms with Crippen LogP contribution in [-0.2, 0) is 54.3 Å². The first-order chi connectivity index (χ1) is 30.2. The summed E-state index contributed by atoms with van der Waals surface area (Å²) in [7, 11) is 0. The topological polar surface area (TPSA) is 106 Å². The van der Waals surface area contributed by atoms with E-state index in [1.165, 1.54) is 59.9 Å². The molecule has 1 aromatic heterocycles. The highest BCUT2D eigenvalue weighted by Gasteiger charge is 2.83. The lowest BCUT2D eigenvalue weighted by molar-refractivity contribution is -0.256. The van der Waals surface area contributed by atoms with Crippen LogP contribution in [0.4, 0.5) is 0 Å². The van der Waals surface area contributed by atoms with Gasteiger partial charge < -0.3 is 28.6 Å². The summed E-state index contributed by atoms with van der Waals surface area (Å²) in [6.07, 6.45) is 17.7. The van der Waals surface area contributed by atoms with Crippen LogP contribution in [0.3, 0.4) is 0 Å². The molecule has 1 aromatic rings. The summed E-state index contributed by atoms with van der Waals surface area (Å²) in [5.41, 5.74) is 7.20. The van der Waals surface area contributed by atoms with E-state index in [0.717, 1.165) is 77.0 Å². The first-order valence-electron chi connectivity index (χ1n) is 26.4. The zero-order valence-electron chi connectivity index (χ0n) is 40.5. The van der Waals surface area contributed by atoms with Gasteiger partial charge in [0.2, 0.25) is 0 Å². The summed E-state index contributed by atoms with van der Waals surface area (Å²) < 4.78 is 27.9. The smallest absolute Gasteiger partial charge is 0.172 e. The molecule has 0 N–H and O–H groups in total. The Bertz CT molecular complexity index is 2220. The van der Waals surface area contributed by atoms with Crippen LogP contribution < -0.4 is 0 Å². The van der Waals surface area contributed by atoms with E-state index in [9.17, 15) is 0 Å². The zero-order valence-corrected chi connectivity index (χ0v) is 40.5. The highest BCUT2D eigenvalue weighted by atomic mass is 16.7. The Balaban J connectivity index is 0.703. The Hall–Kier alpha value is -2.14. The molecular weight excluding hydrogens is 801 g/mol. The van der Waals surface area contributed by atoms with Gasteiger partial charge in [0.1, 0.15) is 0 Å². The van der Waals surface area contributed by atoms with E-state index in [4.69, 9.17) is 48.9 Å². The molecule has 1 unspecified atom stereocenters. The monoisotopic (exact) mass is 875 g/mol. The van der Waals surface area contributed by atoms with Crippen LogP contribution in [0, 0.1) is 80.8 Å². The molecule has 0 bridgehead atoms. The van der Waals surface area contributed by atoms with Crippen LogP contribution in [0.5, 0.6) is 0 Å². The quantitative estimate of drug-likeness (QED) is 0.254. The Morgan fingerprint density at radius 1 is 0.484 bits per heavy atom. The molecular formula is C54H74N4O6. The van der Waals surface area contributed by atoms with Crippen molar-refractivity contribution in [3.8, 4) is 0 Å². The summed E-state index contributed by atoms with van der Waals surface area (Å²) in [6, 6.07) is 0. The maximum atomic E-state index is 7.15. The minimum absolute atomic E-state index is 0.0458. The summed E-state index contributed by atoms with van der Waals surface area (Å²) >= 11 is 0. The lowest BCUT2D eigenvalue weighted by atomic mass is 9.49. The zero-order chi connectivity index (χ0) is 43.8. The summed E-state index contributed by atoms with van der Waals surface area (Å²) in [4.78, 5) is 25.1. The minimum Gasteiger partial charge on any atom is -0.388 e. The van der Waals surface area contributed by atoms with Gasteiger partial charge in [0.05, 0.1) is 68.4 Å². The van der Waals surface area contributed by atoms with E-state index >= 15 is 0 Å². The SMILES string of the molecule is C[C@H]1[C@H]2[C@H](C[C@@]34C(=NO[C@]23C)C[C@H]2C4CC[C@H]3Cc4nc5c(nc4C[C@@]32C)C[C@@H]2CC[C@@H]3[C@@H](CC4=NO[C@]6(C)[C@@H]7[C@H](C[C@]436)O[C@]3(CCC(C)(C)O3)[C@H]7C)[C@@]2(C)C5)O[C@]12CCC(C)(C)O2. The van der Waals surface area contributed by atoms with E-state index in [1.54, 1.807) is 0 Å². The van der Waals surface area contributed by atoms with Crippen LogP contribution in [-0.4, -0.2) is 67.6 Å². The van der Waals surface area contributed by atoms with Crippen molar-refractivity contribution in [3.63, 3.8) is 0 Å². The molecule has 14 aliphatic rings. The number of hydrogen-bond acceptors (Lipinski definition) is 10. The number of ether oxygens (including phenoxy) is 4. The second kappa shape index (κ2) is 11.5. The lowest BCUT2D eigenvalue weighted by Crippen LogP contribution is -2.56. The number of hydrogen-bond donors (Lipinski definition) is 0. The molecule has 7 heterocycles. The molecule has 10 heteroatoms. The Kier molecular flexibility index (Phi) is 7.14. The molecule has 10 fully saturated rings. The van der Waals surface area contributed by atoms with E-state index in [1.807, 2.05) is 0 Å². The Morgan fingerprint density at radius 2 is 0.906 bits per heavy atom. The molecule has 20 atom stereocenters. The molecule has 8 aliphatic carbocycles. The van der Waals surface area contributed by atoms with E-state index in [-0.39, 0.29) is 79.9 Å². The fourth-order valence-electron chi connectivity index (χ4n) is 21.4. The molecule has 6 saturated carbocycles. The maximum absolute atomic E-state index is 7.15. The fraction of sp³-hybridized carbons (Fsp3) is 0.889. The second-order valence-corrected chi connectivity index (χ2v) is 27.3. The van der Waals surface area contributed by atoms with Crippen molar-refractivity contribution in [2.75, 3.05) is 0 Å². The fourth-order valence-corrected chi connectivity index (χ4v) is 21.4. The van der Waals surface area contributed by atoms with E-state index in [0.29, 0.717) is 35.5 Å². The van der Waals surface area contributed by atoms with Gasteiger partial charge in [-0.1, -0.05) is 38.0 Å². The molecule has 6 aliphatic heterocycles. The van der Waals surface area contributed by atoms with Crippen molar-refractivity contribution in [3.05, 3.63) is 22.8 Å². The molecule has 4 spiro atoms.